The van der Waals surface area contributed by atoms with Gasteiger partial charge in [0, 0.05) is 26.3 Å². The van der Waals surface area contributed by atoms with Crippen LogP contribution in [0.25, 0.3) is 0 Å². The van der Waals surface area contributed by atoms with Crippen LogP contribution in [-0.2, 0) is 5.54 Å². The van der Waals surface area contributed by atoms with Gasteiger partial charge in [0.1, 0.15) is 6.33 Å². The van der Waals surface area contributed by atoms with Crippen LogP contribution in [0, 0.1) is 0 Å². The van der Waals surface area contributed by atoms with Crippen LogP contribution in [0.1, 0.15) is 42.7 Å². The molecule has 1 aromatic rings. The molecular weight excluding hydrogens is 240 g/mol. The molecule has 0 aromatic carbocycles. The van der Waals surface area contributed by atoms with Gasteiger partial charge in [-0.3, -0.25) is 4.79 Å². The first-order valence-electron chi connectivity index (χ1n) is 6.92. The Morgan fingerprint density at radius 2 is 1.84 bits per heavy atom. The molecule has 0 atom stereocenters. The second kappa shape index (κ2) is 5.25. The van der Waals surface area contributed by atoms with Crippen molar-refractivity contribution >= 4 is 5.91 Å². The topological polar surface area (TPSA) is 49.3 Å². The molecule has 1 fully saturated rings. The first-order valence-corrected chi connectivity index (χ1v) is 6.92. The summed E-state index contributed by atoms with van der Waals surface area (Å²) in [6.45, 7) is 6.00. The maximum absolute atomic E-state index is 12.2. The van der Waals surface area contributed by atoms with Crippen molar-refractivity contribution in [2.24, 2.45) is 0 Å². The molecule has 0 unspecified atom stereocenters. The van der Waals surface area contributed by atoms with E-state index in [1.54, 1.807) is 12.5 Å². The zero-order valence-electron chi connectivity index (χ0n) is 12.2. The summed E-state index contributed by atoms with van der Waals surface area (Å²) in [4.78, 5) is 24.7. The number of hydrogen-bond acceptors (Lipinski definition) is 4. The summed E-state index contributed by atoms with van der Waals surface area (Å²) >= 11 is 0. The molecule has 0 bridgehead atoms. The van der Waals surface area contributed by atoms with Gasteiger partial charge >= 0.3 is 0 Å². The molecule has 19 heavy (non-hydrogen) atoms. The predicted molar refractivity (Wildman–Crippen MR) is 73.9 cm³/mol. The smallest absolute Gasteiger partial charge is 0.257 e. The molecule has 1 aromatic heterocycles. The Labute approximate surface area is 114 Å². The van der Waals surface area contributed by atoms with E-state index in [9.17, 15) is 4.79 Å². The SMILES string of the molecule is CC.CN1CCC2(CC1)c1ncncc1C(=O)N2C. The van der Waals surface area contributed by atoms with Gasteiger partial charge in [-0.15, -0.1) is 0 Å². The summed E-state index contributed by atoms with van der Waals surface area (Å²) in [5.41, 5.74) is 1.41. The lowest BCUT2D eigenvalue weighted by Crippen LogP contribution is -2.49. The molecule has 1 amide bonds. The number of likely N-dealkylation sites (tertiary alicyclic amines) is 1. The average molecular weight is 262 g/mol. The fourth-order valence-electron chi connectivity index (χ4n) is 2.95. The fourth-order valence-corrected chi connectivity index (χ4v) is 2.95. The van der Waals surface area contributed by atoms with Crippen LogP contribution >= 0.6 is 0 Å². The highest BCUT2D eigenvalue weighted by molar-refractivity contribution is 5.98. The van der Waals surface area contributed by atoms with Crippen molar-refractivity contribution in [3.63, 3.8) is 0 Å². The molecule has 5 nitrogen and oxygen atoms in total. The quantitative estimate of drug-likeness (QED) is 0.711. The molecule has 1 saturated heterocycles. The number of hydrogen-bond donors (Lipinski definition) is 0. The summed E-state index contributed by atoms with van der Waals surface area (Å²) < 4.78 is 0. The first kappa shape index (κ1) is 13.9. The van der Waals surface area contributed by atoms with Gasteiger partial charge in [0.25, 0.3) is 5.91 Å². The van der Waals surface area contributed by atoms with E-state index >= 15 is 0 Å². The summed E-state index contributed by atoms with van der Waals surface area (Å²) in [5.74, 6) is 0.0603. The normalized spacial score (nSPS) is 21.1. The molecule has 2 aliphatic heterocycles. The Morgan fingerprint density at radius 3 is 2.47 bits per heavy atom. The van der Waals surface area contributed by atoms with Crippen LogP contribution < -0.4 is 0 Å². The van der Waals surface area contributed by atoms with E-state index in [0.717, 1.165) is 31.6 Å². The monoisotopic (exact) mass is 262 g/mol. The van der Waals surface area contributed by atoms with Crippen molar-refractivity contribution in [1.82, 2.24) is 19.8 Å². The van der Waals surface area contributed by atoms with Gasteiger partial charge in [-0.1, -0.05) is 13.8 Å². The molecule has 0 saturated carbocycles. The number of piperidine rings is 1. The second-order valence-electron chi connectivity index (χ2n) is 4.98. The zero-order chi connectivity index (χ0) is 14.0. The molecule has 3 heterocycles. The number of amides is 1. The van der Waals surface area contributed by atoms with E-state index in [1.807, 2.05) is 25.8 Å². The number of nitrogens with zero attached hydrogens (tertiary/aromatic N) is 4. The molecule has 0 N–H and O–H groups in total. The molecule has 0 radical (unpaired) electrons. The van der Waals surface area contributed by atoms with E-state index in [-0.39, 0.29) is 11.4 Å². The highest BCUT2D eigenvalue weighted by Gasteiger charge is 2.50. The molecule has 5 heteroatoms. The summed E-state index contributed by atoms with van der Waals surface area (Å²) in [6, 6.07) is 0. The Hall–Kier alpha value is -1.49. The molecule has 104 valence electrons. The summed E-state index contributed by atoms with van der Waals surface area (Å²) in [7, 11) is 4.00. The third kappa shape index (κ3) is 2.02. The average Bonchev–Trinajstić information content (AvgIpc) is 2.68. The maximum Gasteiger partial charge on any atom is 0.257 e. The van der Waals surface area contributed by atoms with Crippen LogP contribution in [0.2, 0.25) is 0 Å². The van der Waals surface area contributed by atoms with Gasteiger partial charge in [0.2, 0.25) is 0 Å². The Bertz CT molecular complexity index is 466. The minimum Gasteiger partial charge on any atom is -0.330 e. The van der Waals surface area contributed by atoms with Gasteiger partial charge < -0.3 is 9.80 Å². The van der Waals surface area contributed by atoms with E-state index in [1.165, 1.54) is 0 Å². The van der Waals surface area contributed by atoms with E-state index < -0.39 is 0 Å². The predicted octanol–water partition coefficient (Wildman–Crippen LogP) is 1.51. The van der Waals surface area contributed by atoms with Crippen LogP contribution in [0.4, 0.5) is 0 Å². The number of fused-ring (bicyclic) bond motifs is 2. The Balaban J connectivity index is 0.000000637. The second-order valence-corrected chi connectivity index (χ2v) is 4.98. The lowest BCUT2D eigenvalue weighted by molar-refractivity contribution is 0.0413. The minimum absolute atomic E-state index is 0.0603. The van der Waals surface area contributed by atoms with Crippen molar-refractivity contribution in [3.8, 4) is 0 Å². The maximum atomic E-state index is 12.2. The molecule has 0 aliphatic carbocycles. The van der Waals surface area contributed by atoms with Crippen molar-refractivity contribution in [2.45, 2.75) is 32.2 Å². The largest absolute Gasteiger partial charge is 0.330 e. The number of aromatic nitrogens is 2. The van der Waals surface area contributed by atoms with Gasteiger partial charge in [0.15, 0.2) is 0 Å². The third-order valence-corrected chi connectivity index (χ3v) is 4.14. The highest BCUT2D eigenvalue weighted by Crippen LogP contribution is 2.43. The Morgan fingerprint density at radius 1 is 1.21 bits per heavy atom. The van der Waals surface area contributed by atoms with Gasteiger partial charge in [-0.25, -0.2) is 9.97 Å². The van der Waals surface area contributed by atoms with E-state index in [2.05, 4.69) is 21.9 Å². The molecular formula is C14H22N4O. The van der Waals surface area contributed by atoms with Crippen LogP contribution in [0.15, 0.2) is 12.5 Å². The van der Waals surface area contributed by atoms with Crippen molar-refractivity contribution in [1.29, 1.82) is 0 Å². The zero-order valence-corrected chi connectivity index (χ0v) is 12.2. The summed E-state index contributed by atoms with van der Waals surface area (Å²) in [6.07, 6.45) is 5.10. The lowest BCUT2D eigenvalue weighted by atomic mass is 9.84. The molecule has 1 spiro atoms. The van der Waals surface area contributed by atoms with Crippen LogP contribution in [0.5, 0.6) is 0 Å². The molecule has 2 aliphatic rings. The number of carbonyl (C=O) groups excluding carboxylic acids is 1. The Kier molecular flexibility index (Phi) is 3.85. The first-order chi connectivity index (χ1) is 9.15. The van der Waals surface area contributed by atoms with E-state index in [4.69, 9.17) is 0 Å². The third-order valence-electron chi connectivity index (χ3n) is 4.14. The van der Waals surface area contributed by atoms with Crippen molar-refractivity contribution in [2.75, 3.05) is 27.2 Å². The summed E-state index contributed by atoms with van der Waals surface area (Å²) in [5, 5.41) is 0. The van der Waals surface area contributed by atoms with E-state index in [0.29, 0.717) is 5.56 Å². The van der Waals surface area contributed by atoms with Gasteiger partial charge in [0.05, 0.1) is 16.8 Å². The number of rotatable bonds is 0. The van der Waals surface area contributed by atoms with Gasteiger partial charge in [-0.2, -0.15) is 0 Å². The van der Waals surface area contributed by atoms with Crippen LogP contribution in [-0.4, -0.2) is 52.9 Å². The lowest BCUT2D eigenvalue weighted by Gasteiger charge is -2.42. The minimum atomic E-state index is -0.193. The fraction of sp³-hybridized carbons (Fsp3) is 0.643. The van der Waals surface area contributed by atoms with Crippen LogP contribution in [0.3, 0.4) is 0 Å². The number of carbonyl (C=O) groups is 1. The van der Waals surface area contributed by atoms with Crippen molar-refractivity contribution in [3.05, 3.63) is 23.8 Å². The standard InChI is InChI=1S/C12H16N4O.C2H6/c1-15-5-3-12(4-6-15)10-9(7-13-8-14-10)11(17)16(12)2;1-2/h7-8H,3-6H2,1-2H3;1-2H3. The highest BCUT2D eigenvalue weighted by atomic mass is 16.2. The van der Waals surface area contributed by atoms with Gasteiger partial charge in [-0.05, 0) is 19.9 Å². The van der Waals surface area contributed by atoms with Crippen molar-refractivity contribution < 1.29 is 4.79 Å². The molecule has 3 rings (SSSR count).